The molecule has 1 heterocycles. The summed E-state index contributed by atoms with van der Waals surface area (Å²) in [4.78, 5) is 10.2. The molecule has 0 unspecified atom stereocenters. The number of hydrogen-bond donors (Lipinski definition) is 3. The second kappa shape index (κ2) is 10.8. The number of aromatic nitrogens is 1. The lowest BCUT2D eigenvalue weighted by Crippen LogP contribution is -2.36. The zero-order chi connectivity index (χ0) is 18.3. The molecule has 0 aliphatic carbocycles. The zero-order valence-corrected chi connectivity index (χ0v) is 18.9. The number of aliphatic imine (C=N–C) groups is 1. The summed E-state index contributed by atoms with van der Waals surface area (Å²) in [7, 11) is -2.05. The van der Waals surface area contributed by atoms with Crippen LogP contribution in [0, 0.1) is 6.92 Å². The van der Waals surface area contributed by atoms with Crippen LogP contribution in [0.1, 0.15) is 22.4 Å². The van der Waals surface area contributed by atoms with Crippen LogP contribution in [-0.2, 0) is 23.1 Å². The maximum absolute atomic E-state index is 11.9. The molecule has 0 saturated heterocycles. The summed E-state index contributed by atoms with van der Waals surface area (Å²) in [5, 5.41) is 7.39. The molecule has 0 fully saturated rings. The standard InChI is InChI=1S/C16H23N5O2S2.HI/c1-4-18-16(21-11-15-19-9-12(2)24-15)20-10-13-6-5-7-14(8-13)25(22,23)17-3;/h5-9,17H,4,10-11H2,1-3H3,(H2,18,20,21);1H. The Morgan fingerprint density at radius 2 is 2.08 bits per heavy atom. The molecule has 2 rings (SSSR count). The number of rotatable bonds is 7. The van der Waals surface area contributed by atoms with Crippen LogP contribution in [0.2, 0.25) is 0 Å². The molecule has 0 aliphatic heterocycles. The molecule has 3 N–H and O–H groups in total. The first-order valence-corrected chi connectivity index (χ1v) is 10.2. The van der Waals surface area contributed by atoms with Gasteiger partial charge in [0.05, 0.1) is 18.0 Å². The van der Waals surface area contributed by atoms with Crippen LogP contribution in [0.4, 0.5) is 0 Å². The quantitative estimate of drug-likeness (QED) is 0.302. The van der Waals surface area contributed by atoms with Crippen molar-refractivity contribution >= 4 is 51.3 Å². The van der Waals surface area contributed by atoms with Crippen molar-refractivity contribution in [1.29, 1.82) is 0 Å². The summed E-state index contributed by atoms with van der Waals surface area (Å²) in [5.41, 5.74) is 0.818. The summed E-state index contributed by atoms with van der Waals surface area (Å²) in [6, 6.07) is 6.76. The van der Waals surface area contributed by atoms with Crippen molar-refractivity contribution in [2.75, 3.05) is 13.6 Å². The van der Waals surface area contributed by atoms with Crippen molar-refractivity contribution in [2.24, 2.45) is 4.99 Å². The first-order valence-electron chi connectivity index (χ1n) is 7.90. The van der Waals surface area contributed by atoms with Crippen molar-refractivity contribution in [3.63, 3.8) is 0 Å². The minimum absolute atomic E-state index is 0. The SMILES string of the molecule is CCNC(=NCc1cccc(S(=O)(=O)NC)c1)NCc1ncc(C)s1.I. The highest BCUT2D eigenvalue weighted by atomic mass is 127. The molecule has 0 bridgehead atoms. The van der Waals surface area contributed by atoms with E-state index >= 15 is 0 Å². The third-order valence-corrected chi connectivity index (χ3v) is 5.64. The maximum atomic E-state index is 11.9. The van der Waals surface area contributed by atoms with Crippen LogP contribution < -0.4 is 15.4 Å². The summed E-state index contributed by atoms with van der Waals surface area (Å²) in [5.74, 6) is 0.664. The Kier molecular flexibility index (Phi) is 9.47. The van der Waals surface area contributed by atoms with Crippen molar-refractivity contribution < 1.29 is 8.42 Å². The van der Waals surface area contributed by atoms with E-state index in [4.69, 9.17) is 0 Å². The molecule has 7 nitrogen and oxygen atoms in total. The first kappa shape index (κ1) is 22.8. The normalized spacial score (nSPS) is 11.7. The Hall–Kier alpha value is -1.24. The van der Waals surface area contributed by atoms with Crippen LogP contribution in [0.5, 0.6) is 0 Å². The van der Waals surface area contributed by atoms with Gasteiger partial charge in [-0.25, -0.2) is 23.1 Å². The molecular formula is C16H24IN5O2S2. The number of halogens is 1. The van der Waals surface area contributed by atoms with Gasteiger partial charge in [0.2, 0.25) is 10.0 Å². The van der Waals surface area contributed by atoms with Gasteiger partial charge in [-0.2, -0.15) is 0 Å². The van der Waals surface area contributed by atoms with Gasteiger partial charge in [0.15, 0.2) is 5.96 Å². The van der Waals surface area contributed by atoms with Gasteiger partial charge in [-0.15, -0.1) is 35.3 Å². The molecule has 144 valence electrons. The Morgan fingerprint density at radius 1 is 1.31 bits per heavy atom. The fraction of sp³-hybridized carbons (Fsp3) is 0.375. The molecule has 1 aromatic heterocycles. The van der Waals surface area contributed by atoms with Crippen molar-refractivity contribution in [3.8, 4) is 0 Å². The minimum Gasteiger partial charge on any atom is -0.357 e. The van der Waals surface area contributed by atoms with Crippen molar-refractivity contribution in [1.82, 2.24) is 20.3 Å². The number of sulfonamides is 1. The Bertz CT molecular complexity index is 837. The maximum Gasteiger partial charge on any atom is 0.240 e. The average Bonchev–Trinajstić information content (AvgIpc) is 3.03. The lowest BCUT2D eigenvalue weighted by atomic mass is 10.2. The lowest BCUT2D eigenvalue weighted by molar-refractivity contribution is 0.588. The topological polar surface area (TPSA) is 95.5 Å². The van der Waals surface area contributed by atoms with E-state index in [2.05, 4.69) is 25.3 Å². The lowest BCUT2D eigenvalue weighted by Gasteiger charge is -2.10. The molecule has 0 saturated carbocycles. The fourth-order valence-corrected chi connectivity index (χ4v) is 3.61. The third-order valence-electron chi connectivity index (χ3n) is 3.32. The molecule has 26 heavy (non-hydrogen) atoms. The molecule has 1 aromatic carbocycles. The highest BCUT2D eigenvalue weighted by molar-refractivity contribution is 14.0. The molecule has 2 aromatic rings. The number of nitrogens with one attached hydrogen (secondary N) is 3. The van der Waals surface area contributed by atoms with Crippen LogP contribution in [-0.4, -0.2) is 33.0 Å². The second-order valence-corrected chi connectivity index (χ2v) is 8.47. The number of aryl methyl sites for hydroxylation is 1. The molecular weight excluding hydrogens is 485 g/mol. The van der Waals surface area contributed by atoms with Gasteiger partial charge in [-0.05, 0) is 38.6 Å². The van der Waals surface area contributed by atoms with E-state index < -0.39 is 10.0 Å². The number of guanidine groups is 1. The van der Waals surface area contributed by atoms with E-state index in [9.17, 15) is 8.42 Å². The van der Waals surface area contributed by atoms with E-state index in [1.807, 2.05) is 26.1 Å². The van der Waals surface area contributed by atoms with Gasteiger partial charge in [0.1, 0.15) is 5.01 Å². The van der Waals surface area contributed by atoms with E-state index in [1.165, 1.54) is 11.9 Å². The van der Waals surface area contributed by atoms with Crippen LogP contribution >= 0.6 is 35.3 Å². The predicted octanol–water partition coefficient (Wildman–Crippen LogP) is 2.23. The summed E-state index contributed by atoms with van der Waals surface area (Å²) >= 11 is 1.64. The average molecular weight is 509 g/mol. The fourth-order valence-electron chi connectivity index (χ4n) is 2.08. The Labute approximate surface area is 175 Å². The van der Waals surface area contributed by atoms with Crippen LogP contribution in [0.25, 0.3) is 0 Å². The van der Waals surface area contributed by atoms with Crippen LogP contribution in [0.15, 0.2) is 40.4 Å². The summed E-state index contributed by atoms with van der Waals surface area (Å²) < 4.78 is 26.1. The van der Waals surface area contributed by atoms with Crippen molar-refractivity contribution in [3.05, 3.63) is 45.9 Å². The first-order chi connectivity index (χ1) is 11.9. The summed E-state index contributed by atoms with van der Waals surface area (Å²) in [6.45, 7) is 5.71. The number of hydrogen-bond acceptors (Lipinski definition) is 5. The largest absolute Gasteiger partial charge is 0.357 e. The molecule has 0 amide bonds. The van der Waals surface area contributed by atoms with Gasteiger partial charge in [0.25, 0.3) is 0 Å². The van der Waals surface area contributed by atoms with Crippen LogP contribution in [0.3, 0.4) is 0 Å². The van der Waals surface area contributed by atoms with Crippen molar-refractivity contribution in [2.45, 2.75) is 31.8 Å². The summed E-state index contributed by atoms with van der Waals surface area (Å²) in [6.07, 6.45) is 1.85. The highest BCUT2D eigenvalue weighted by Crippen LogP contribution is 2.12. The van der Waals surface area contributed by atoms with Gasteiger partial charge in [0, 0.05) is 17.6 Å². The van der Waals surface area contributed by atoms with E-state index in [1.54, 1.807) is 29.5 Å². The molecule has 0 spiro atoms. The molecule has 0 atom stereocenters. The minimum atomic E-state index is -3.45. The Morgan fingerprint density at radius 3 is 2.69 bits per heavy atom. The molecule has 10 heteroatoms. The number of nitrogens with zero attached hydrogens (tertiary/aromatic N) is 2. The monoisotopic (exact) mass is 509 g/mol. The van der Waals surface area contributed by atoms with E-state index in [0.717, 1.165) is 17.1 Å². The zero-order valence-electron chi connectivity index (χ0n) is 14.9. The Balaban J connectivity index is 0.00000338. The highest BCUT2D eigenvalue weighted by Gasteiger charge is 2.11. The van der Waals surface area contributed by atoms with E-state index in [-0.39, 0.29) is 28.9 Å². The smallest absolute Gasteiger partial charge is 0.240 e. The second-order valence-electron chi connectivity index (χ2n) is 5.27. The third kappa shape index (κ3) is 6.82. The van der Waals surface area contributed by atoms with Gasteiger partial charge >= 0.3 is 0 Å². The molecule has 0 aliphatic rings. The number of benzene rings is 1. The number of thiazole rings is 1. The van der Waals surface area contributed by atoms with Gasteiger partial charge < -0.3 is 10.6 Å². The molecule has 0 radical (unpaired) electrons. The predicted molar refractivity (Wildman–Crippen MR) is 117 cm³/mol. The van der Waals surface area contributed by atoms with E-state index in [0.29, 0.717) is 19.0 Å². The van der Waals surface area contributed by atoms with Gasteiger partial charge in [-0.1, -0.05) is 12.1 Å². The van der Waals surface area contributed by atoms with Gasteiger partial charge in [-0.3, -0.25) is 0 Å².